The molecule has 4 nitrogen and oxygen atoms in total. The molecule has 0 bridgehead atoms. The van der Waals surface area contributed by atoms with Gasteiger partial charge in [-0.05, 0) is 36.8 Å². The van der Waals surface area contributed by atoms with E-state index in [1.165, 1.54) is 12.1 Å². The molecule has 1 aromatic carbocycles. The Hall–Kier alpha value is -0.850. The summed E-state index contributed by atoms with van der Waals surface area (Å²) < 4.78 is 34.3. The molecule has 1 aliphatic heterocycles. The standard InChI is InChI=1S/C18H23Cl2FN2O2S/c1-18(7-2-3-8-18)16(14-13(21)5-4-12(19)15(14)20)23-17(24)11-6-9-26(22,25)10-11/h4-5,11,16,22H,2-3,6-10H2,1H3,(H,23,24)/t11-,16-,26?/m1/s1. The number of carbonyl (C=O) groups excluding carboxylic acids is 1. The summed E-state index contributed by atoms with van der Waals surface area (Å²) in [5.74, 6) is -0.953. The monoisotopic (exact) mass is 420 g/mol. The highest BCUT2D eigenvalue weighted by Crippen LogP contribution is 2.50. The summed E-state index contributed by atoms with van der Waals surface area (Å²) in [7, 11) is -2.68. The van der Waals surface area contributed by atoms with Gasteiger partial charge in [-0.1, -0.05) is 43.0 Å². The van der Waals surface area contributed by atoms with Gasteiger partial charge in [-0.2, -0.15) is 0 Å². The van der Waals surface area contributed by atoms with E-state index in [1.54, 1.807) is 0 Å². The van der Waals surface area contributed by atoms with Crippen LogP contribution in [-0.4, -0.2) is 21.6 Å². The molecule has 1 amide bonds. The maximum Gasteiger partial charge on any atom is 0.224 e. The maximum atomic E-state index is 14.7. The first-order valence-corrected chi connectivity index (χ1v) is 11.5. The Morgan fingerprint density at radius 1 is 1.38 bits per heavy atom. The molecule has 2 aliphatic rings. The normalized spacial score (nSPS) is 28.8. The van der Waals surface area contributed by atoms with Crippen molar-refractivity contribution in [1.29, 1.82) is 4.78 Å². The van der Waals surface area contributed by atoms with Gasteiger partial charge in [0.05, 0.1) is 22.0 Å². The topological polar surface area (TPSA) is 70.0 Å². The Kier molecular flexibility index (Phi) is 5.58. The predicted molar refractivity (Wildman–Crippen MR) is 103 cm³/mol. The van der Waals surface area contributed by atoms with Crippen LogP contribution in [-0.2, 0) is 14.5 Å². The minimum Gasteiger partial charge on any atom is -0.348 e. The van der Waals surface area contributed by atoms with Gasteiger partial charge in [0.2, 0.25) is 5.91 Å². The summed E-state index contributed by atoms with van der Waals surface area (Å²) in [4.78, 5) is 12.8. The first-order valence-electron chi connectivity index (χ1n) is 8.81. The molecule has 0 aromatic heterocycles. The average molecular weight is 421 g/mol. The highest BCUT2D eigenvalue weighted by atomic mass is 35.5. The fraction of sp³-hybridized carbons (Fsp3) is 0.611. The summed E-state index contributed by atoms with van der Waals surface area (Å²) in [5, 5.41) is 3.35. The summed E-state index contributed by atoms with van der Waals surface area (Å²) in [5.41, 5.74) is -0.104. The van der Waals surface area contributed by atoms with Crippen molar-refractivity contribution < 1.29 is 13.4 Å². The van der Waals surface area contributed by atoms with Gasteiger partial charge in [-0.3, -0.25) is 9.57 Å². The number of hydrogen-bond acceptors (Lipinski definition) is 3. The van der Waals surface area contributed by atoms with Crippen LogP contribution in [0.3, 0.4) is 0 Å². The van der Waals surface area contributed by atoms with Gasteiger partial charge in [0.25, 0.3) is 0 Å². The molecule has 2 fully saturated rings. The second-order valence-corrected chi connectivity index (χ2v) is 10.9. The second-order valence-electron chi connectivity index (χ2n) is 7.73. The van der Waals surface area contributed by atoms with Crippen LogP contribution in [0.25, 0.3) is 0 Å². The van der Waals surface area contributed by atoms with E-state index in [0.29, 0.717) is 6.42 Å². The van der Waals surface area contributed by atoms with Crippen molar-refractivity contribution in [3.05, 3.63) is 33.6 Å². The van der Waals surface area contributed by atoms with Gasteiger partial charge >= 0.3 is 0 Å². The number of nitrogens with one attached hydrogen (secondary N) is 2. The van der Waals surface area contributed by atoms with Gasteiger partial charge in [-0.25, -0.2) is 8.60 Å². The molecule has 1 heterocycles. The summed E-state index contributed by atoms with van der Waals surface area (Å²) in [6.07, 6.45) is 4.13. The van der Waals surface area contributed by atoms with Crippen molar-refractivity contribution in [2.75, 3.05) is 11.5 Å². The Labute approximate surface area is 163 Å². The van der Waals surface area contributed by atoms with Gasteiger partial charge in [0, 0.05) is 26.8 Å². The third-order valence-electron chi connectivity index (χ3n) is 5.73. The smallest absolute Gasteiger partial charge is 0.224 e. The van der Waals surface area contributed by atoms with Gasteiger partial charge in [0.1, 0.15) is 5.82 Å². The van der Waals surface area contributed by atoms with E-state index < -0.39 is 27.5 Å². The van der Waals surface area contributed by atoms with Crippen LogP contribution in [0.15, 0.2) is 12.1 Å². The molecule has 3 atom stereocenters. The van der Waals surface area contributed by atoms with Crippen LogP contribution in [0.4, 0.5) is 4.39 Å². The van der Waals surface area contributed by atoms with Crippen LogP contribution in [0.2, 0.25) is 10.0 Å². The molecule has 3 rings (SSSR count). The van der Waals surface area contributed by atoms with E-state index in [9.17, 15) is 13.4 Å². The Morgan fingerprint density at radius 2 is 2.04 bits per heavy atom. The fourth-order valence-corrected chi connectivity index (χ4v) is 6.39. The van der Waals surface area contributed by atoms with Gasteiger partial charge < -0.3 is 5.32 Å². The molecule has 1 unspecified atom stereocenters. The van der Waals surface area contributed by atoms with Crippen molar-refractivity contribution in [3.8, 4) is 0 Å². The predicted octanol–water partition coefficient (Wildman–Crippen LogP) is 4.94. The quantitative estimate of drug-likeness (QED) is 0.677. The highest BCUT2D eigenvalue weighted by Gasteiger charge is 2.43. The molecule has 0 radical (unpaired) electrons. The molecular weight excluding hydrogens is 398 g/mol. The minimum atomic E-state index is -2.68. The number of halogens is 3. The number of benzene rings is 1. The summed E-state index contributed by atoms with van der Waals surface area (Å²) >= 11 is 12.4. The van der Waals surface area contributed by atoms with Crippen LogP contribution >= 0.6 is 23.2 Å². The molecule has 8 heteroatoms. The second kappa shape index (κ2) is 7.28. The zero-order chi connectivity index (χ0) is 19.1. The van der Waals surface area contributed by atoms with E-state index in [4.69, 9.17) is 28.0 Å². The Balaban J connectivity index is 1.95. The zero-order valence-electron chi connectivity index (χ0n) is 14.6. The SMILES string of the molecule is CC1([C@H](NC(=O)[C@@H]2CCS(=N)(=O)C2)c2c(F)ccc(Cl)c2Cl)CCCC1. The Bertz CT molecular complexity index is 823. The van der Waals surface area contributed by atoms with Gasteiger partial charge in [-0.15, -0.1) is 0 Å². The van der Waals surface area contributed by atoms with Crippen molar-refractivity contribution in [1.82, 2.24) is 5.32 Å². The molecule has 1 aliphatic carbocycles. The van der Waals surface area contributed by atoms with E-state index in [1.807, 2.05) is 6.92 Å². The third-order valence-corrected chi connectivity index (χ3v) is 8.39. The molecule has 144 valence electrons. The lowest BCUT2D eigenvalue weighted by Gasteiger charge is -2.36. The first-order chi connectivity index (χ1) is 12.1. The zero-order valence-corrected chi connectivity index (χ0v) is 16.9. The van der Waals surface area contributed by atoms with Crippen molar-refractivity contribution in [2.24, 2.45) is 11.3 Å². The average Bonchev–Trinajstić information content (AvgIpc) is 3.16. The number of rotatable bonds is 4. The lowest BCUT2D eigenvalue weighted by molar-refractivity contribution is -0.126. The first kappa shape index (κ1) is 19.9. The minimum absolute atomic E-state index is 0.0635. The van der Waals surface area contributed by atoms with Crippen molar-refractivity contribution in [2.45, 2.75) is 45.1 Å². The van der Waals surface area contributed by atoms with E-state index >= 15 is 0 Å². The molecule has 26 heavy (non-hydrogen) atoms. The van der Waals surface area contributed by atoms with Gasteiger partial charge in [0.15, 0.2) is 0 Å². The van der Waals surface area contributed by atoms with E-state index in [2.05, 4.69) is 5.32 Å². The lowest BCUT2D eigenvalue weighted by Crippen LogP contribution is -2.42. The summed E-state index contributed by atoms with van der Waals surface area (Å²) in [6, 6.07) is 2.07. The van der Waals surface area contributed by atoms with E-state index in [0.717, 1.165) is 25.7 Å². The van der Waals surface area contributed by atoms with Crippen LogP contribution in [0, 0.1) is 21.9 Å². The maximum absolute atomic E-state index is 14.7. The molecular formula is C18H23Cl2FN2O2S. The molecule has 2 N–H and O–H groups in total. The van der Waals surface area contributed by atoms with Crippen LogP contribution < -0.4 is 5.32 Å². The summed E-state index contributed by atoms with van der Waals surface area (Å²) in [6.45, 7) is 2.03. The van der Waals surface area contributed by atoms with E-state index in [-0.39, 0.29) is 38.4 Å². The lowest BCUT2D eigenvalue weighted by atomic mass is 9.76. The Morgan fingerprint density at radius 3 is 2.62 bits per heavy atom. The molecule has 1 saturated heterocycles. The highest BCUT2D eigenvalue weighted by molar-refractivity contribution is 7.92. The fourth-order valence-electron chi connectivity index (χ4n) is 4.16. The largest absolute Gasteiger partial charge is 0.348 e. The number of hydrogen-bond donors (Lipinski definition) is 2. The molecule has 1 aromatic rings. The third kappa shape index (κ3) is 3.87. The molecule has 0 spiro atoms. The molecule has 1 saturated carbocycles. The van der Waals surface area contributed by atoms with Crippen LogP contribution in [0.1, 0.15) is 50.6 Å². The van der Waals surface area contributed by atoms with Crippen molar-refractivity contribution in [3.63, 3.8) is 0 Å². The van der Waals surface area contributed by atoms with Crippen molar-refractivity contribution >= 4 is 38.8 Å². The number of amides is 1. The number of carbonyl (C=O) groups is 1. The van der Waals surface area contributed by atoms with Crippen LogP contribution in [0.5, 0.6) is 0 Å².